The van der Waals surface area contributed by atoms with Gasteiger partial charge in [-0.2, -0.15) is 0 Å². The number of carboxylic acids is 1. The van der Waals surface area contributed by atoms with Crippen LogP contribution in [-0.2, 0) is 35.2 Å². The maximum atomic E-state index is 12.9. The quantitative estimate of drug-likeness (QED) is 0.134. The lowest BCUT2D eigenvalue weighted by molar-refractivity contribution is -0.157. The Morgan fingerprint density at radius 3 is 2.18 bits per heavy atom. The van der Waals surface area contributed by atoms with Gasteiger partial charge in [-0.15, -0.1) is 0 Å². The van der Waals surface area contributed by atoms with Gasteiger partial charge >= 0.3 is 11.9 Å². The van der Waals surface area contributed by atoms with Crippen molar-refractivity contribution >= 4 is 24.3 Å². The van der Waals surface area contributed by atoms with Crippen LogP contribution in [0.2, 0.25) is 0 Å². The molecule has 0 bridgehead atoms. The molecule has 0 aliphatic heterocycles. The molecule has 0 spiro atoms. The van der Waals surface area contributed by atoms with Crippen molar-refractivity contribution in [3.05, 3.63) is 42.5 Å². The topological polar surface area (TPSA) is 145 Å². The lowest BCUT2D eigenvalue weighted by Gasteiger charge is -2.35. The molecule has 3 N–H and O–H groups in total. The third-order valence-corrected chi connectivity index (χ3v) is 5.51. The molecule has 3 atom stereocenters. The van der Waals surface area contributed by atoms with Crippen molar-refractivity contribution in [2.75, 3.05) is 13.2 Å². The van der Waals surface area contributed by atoms with Crippen LogP contribution in [0.4, 0.5) is 0 Å². The number of carboxylic acid groups (broad SMARTS) is 1. The zero-order valence-electron chi connectivity index (χ0n) is 24.2. The number of esters is 1. The zero-order chi connectivity index (χ0) is 30.0. The molecule has 0 saturated heterocycles. The Labute approximate surface area is 232 Å². The third kappa shape index (κ3) is 15.6. The van der Waals surface area contributed by atoms with E-state index < -0.39 is 24.0 Å². The van der Waals surface area contributed by atoms with E-state index >= 15 is 0 Å². The van der Waals surface area contributed by atoms with Gasteiger partial charge in [0.2, 0.25) is 5.91 Å². The van der Waals surface area contributed by atoms with Crippen molar-refractivity contribution in [2.45, 2.75) is 91.5 Å². The van der Waals surface area contributed by atoms with Gasteiger partial charge in [0, 0.05) is 13.0 Å². The number of carbonyl (C=O) groups excluding carboxylic acids is 3. The Hall–Kier alpha value is -3.40. The highest BCUT2D eigenvalue weighted by atomic mass is 16.5. The number of aliphatic carboxylic acids is 1. The Morgan fingerprint density at radius 2 is 1.74 bits per heavy atom. The highest BCUT2D eigenvalue weighted by Crippen LogP contribution is 2.22. The predicted octanol–water partition coefficient (Wildman–Crippen LogP) is 4.10. The van der Waals surface area contributed by atoms with Crippen molar-refractivity contribution in [1.82, 2.24) is 4.90 Å². The Bertz CT molecular complexity index is 894. The largest absolute Gasteiger partial charge is 0.494 e. The van der Waals surface area contributed by atoms with Gasteiger partial charge in [-0.05, 0) is 64.2 Å². The fourth-order valence-corrected chi connectivity index (χ4v) is 3.29. The molecular formula is C29H46N2O8. The number of hydrogen-bond donors (Lipinski definition) is 2. The number of nitrogens with two attached hydrogens (primary N) is 1. The first kappa shape index (κ1) is 35.6. The summed E-state index contributed by atoms with van der Waals surface area (Å²) in [6.07, 6.45) is 3.50. The summed E-state index contributed by atoms with van der Waals surface area (Å²) >= 11 is 0. The summed E-state index contributed by atoms with van der Waals surface area (Å²) in [6.45, 7) is 15.6. The molecule has 39 heavy (non-hydrogen) atoms. The summed E-state index contributed by atoms with van der Waals surface area (Å²) in [5, 5.41) is 8.66. The molecule has 10 heteroatoms. The highest BCUT2D eigenvalue weighted by molar-refractivity contribution is 5.87. The second-order valence-electron chi connectivity index (χ2n) is 10.2. The van der Waals surface area contributed by atoms with Gasteiger partial charge in [-0.1, -0.05) is 45.1 Å². The molecule has 0 aliphatic rings. The van der Waals surface area contributed by atoms with Crippen LogP contribution in [0.15, 0.2) is 36.9 Å². The molecule has 0 fully saturated rings. The first-order chi connectivity index (χ1) is 18.3. The van der Waals surface area contributed by atoms with E-state index in [9.17, 15) is 19.2 Å². The van der Waals surface area contributed by atoms with Crippen LogP contribution in [-0.4, -0.2) is 65.2 Å². The minimum absolute atomic E-state index is 0.0739. The first-order valence-corrected chi connectivity index (χ1v) is 13.2. The fraction of sp³-hybridized carbons (Fsp3) is 0.586. The van der Waals surface area contributed by atoms with Crippen LogP contribution in [0, 0.1) is 5.92 Å². The van der Waals surface area contributed by atoms with E-state index in [2.05, 4.69) is 11.3 Å². The summed E-state index contributed by atoms with van der Waals surface area (Å²) in [7, 11) is 0. The predicted molar refractivity (Wildman–Crippen MR) is 149 cm³/mol. The summed E-state index contributed by atoms with van der Waals surface area (Å²) in [4.78, 5) is 47.3. The van der Waals surface area contributed by atoms with Crippen LogP contribution >= 0.6 is 0 Å². The van der Waals surface area contributed by atoms with E-state index in [1.54, 1.807) is 19.1 Å². The summed E-state index contributed by atoms with van der Waals surface area (Å²) < 4.78 is 15.5. The molecule has 10 nitrogen and oxygen atoms in total. The van der Waals surface area contributed by atoms with Crippen LogP contribution in [0.1, 0.15) is 72.8 Å². The molecular weight excluding hydrogens is 504 g/mol. The normalized spacial score (nSPS) is 13.0. The SMILES string of the molecule is C=CCOC(=O)C(C(C)CC)N(Cc1ccc(OCCCCC(=O)O)cc1)C(=O)C(C)N.CC(C)(C)OC=O. The van der Waals surface area contributed by atoms with Gasteiger partial charge in [0.25, 0.3) is 6.47 Å². The number of amides is 1. The summed E-state index contributed by atoms with van der Waals surface area (Å²) in [6, 6.07) is 5.71. The van der Waals surface area contributed by atoms with Crippen LogP contribution in [0.25, 0.3) is 0 Å². The Kier molecular flexibility index (Phi) is 17.1. The van der Waals surface area contributed by atoms with Gasteiger partial charge in [-0.25, -0.2) is 4.79 Å². The Morgan fingerprint density at radius 1 is 1.13 bits per heavy atom. The van der Waals surface area contributed by atoms with Crippen LogP contribution in [0.3, 0.4) is 0 Å². The molecule has 0 heterocycles. The van der Waals surface area contributed by atoms with E-state index in [1.807, 2.05) is 46.8 Å². The molecule has 3 unspecified atom stereocenters. The Balaban J connectivity index is 0.00000181. The van der Waals surface area contributed by atoms with Crippen molar-refractivity contribution in [3.63, 3.8) is 0 Å². The van der Waals surface area contributed by atoms with Crippen molar-refractivity contribution in [3.8, 4) is 5.75 Å². The van der Waals surface area contributed by atoms with E-state index in [1.165, 1.54) is 11.0 Å². The van der Waals surface area contributed by atoms with Gasteiger partial charge < -0.3 is 30.0 Å². The molecule has 0 aromatic heterocycles. The summed E-state index contributed by atoms with van der Waals surface area (Å²) in [5.41, 5.74) is 6.38. The van der Waals surface area contributed by atoms with Gasteiger partial charge in [0.05, 0.1) is 12.6 Å². The molecule has 1 amide bonds. The highest BCUT2D eigenvalue weighted by Gasteiger charge is 2.36. The molecule has 1 aromatic rings. The number of carbonyl (C=O) groups is 4. The number of hydrogen-bond acceptors (Lipinski definition) is 8. The maximum absolute atomic E-state index is 12.9. The van der Waals surface area contributed by atoms with Crippen molar-refractivity contribution < 1.29 is 38.5 Å². The number of ether oxygens (including phenoxy) is 3. The van der Waals surface area contributed by atoms with E-state index in [4.69, 9.17) is 20.3 Å². The minimum Gasteiger partial charge on any atom is -0.494 e. The van der Waals surface area contributed by atoms with E-state index in [-0.39, 0.29) is 37.0 Å². The molecule has 0 radical (unpaired) electrons. The van der Waals surface area contributed by atoms with Crippen molar-refractivity contribution in [2.24, 2.45) is 11.7 Å². The number of unbranched alkanes of at least 4 members (excludes halogenated alkanes) is 1. The van der Waals surface area contributed by atoms with Gasteiger partial charge in [-0.3, -0.25) is 14.4 Å². The maximum Gasteiger partial charge on any atom is 0.329 e. The number of nitrogens with zero attached hydrogens (tertiary/aromatic N) is 1. The minimum atomic E-state index is -0.815. The van der Waals surface area contributed by atoms with Crippen LogP contribution < -0.4 is 10.5 Å². The van der Waals surface area contributed by atoms with Gasteiger partial charge in [0.1, 0.15) is 24.0 Å². The molecule has 1 rings (SSSR count). The van der Waals surface area contributed by atoms with E-state index in [0.717, 1.165) is 5.56 Å². The summed E-state index contributed by atoms with van der Waals surface area (Å²) in [5.74, 6) is -1.09. The average Bonchev–Trinajstić information content (AvgIpc) is 2.86. The average molecular weight is 551 g/mol. The monoisotopic (exact) mass is 550 g/mol. The molecule has 0 saturated carbocycles. The third-order valence-electron chi connectivity index (χ3n) is 5.51. The second-order valence-corrected chi connectivity index (χ2v) is 10.2. The zero-order valence-corrected chi connectivity index (χ0v) is 24.2. The lowest BCUT2D eigenvalue weighted by atomic mass is 9.96. The molecule has 1 aromatic carbocycles. The smallest absolute Gasteiger partial charge is 0.329 e. The number of rotatable bonds is 16. The van der Waals surface area contributed by atoms with Crippen LogP contribution in [0.5, 0.6) is 5.75 Å². The molecule has 0 aliphatic carbocycles. The lowest BCUT2D eigenvalue weighted by Crippen LogP contribution is -2.53. The fourth-order valence-electron chi connectivity index (χ4n) is 3.29. The first-order valence-electron chi connectivity index (χ1n) is 13.2. The van der Waals surface area contributed by atoms with Crippen molar-refractivity contribution in [1.29, 1.82) is 0 Å². The van der Waals surface area contributed by atoms with Gasteiger partial charge in [0.15, 0.2) is 0 Å². The van der Waals surface area contributed by atoms with E-state index in [0.29, 0.717) is 38.1 Å². The molecule has 220 valence electrons. The second kappa shape index (κ2) is 18.8. The standard InChI is InChI=1S/C24H36N2O6.C5H10O2/c1-5-14-32-24(30)22(17(3)6-2)26(23(29)18(4)25)16-19-10-12-20(13-11-19)31-15-8-7-9-21(27)28;1-5(2,3)7-4-6/h5,10-13,17-18,22H,1,6-9,14-16,25H2,2-4H3,(H,27,28);4H,1-3H3. The number of benzene rings is 1.